The topological polar surface area (TPSA) is 63.6 Å². The number of benzene rings is 5. The molecule has 5 nitrogen and oxygen atoms in total. The molecule has 0 fully saturated rings. The van der Waals surface area contributed by atoms with Crippen LogP contribution in [0.1, 0.15) is 30.7 Å². The number of fused-ring (bicyclic) bond motifs is 3. The van der Waals surface area contributed by atoms with Gasteiger partial charge in [0.1, 0.15) is 0 Å². The summed E-state index contributed by atoms with van der Waals surface area (Å²) in [6.07, 6.45) is 2.31. The Morgan fingerprint density at radius 1 is 0.489 bits per heavy atom. The van der Waals surface area contributed by atoms with Crippen molar-refractivity contribution in [3.05, 3.63) is 156 Å². The quantitative estimate of drug-likeness (QED) is 0.211. The van der Waals surface area contributed by atoms with Gasteiger partial charge in [0.05, 0.1) is 16.7 Å². The third-order valence-electron chi connectivity index (χ3n) is 8.98. The summed E-state index contributed by atoms with van der Waals surface area (Å²) in [7, 11) is 0. The van der Waals surface area contributed by atoms with E-state index in [0.29, 0.717) is 17.5 Å². The van der Waals surface area contributed by atoms with Crippen molar-refractivity contribution in [3.63, 3.8) is 0 Å². The molecule has 0 bridgehead atoms. The van der Waals surface area contributed by atoms with Gasteiger partial charge in [-0.15, -0.1) is 0 Å². The van der Waals surface area contributed by atoms with E-state index in [0.717, 1.165) is 50.1 Å². The molecular weight excluding hydrogens is 574 g/mol. The van der Waals surface area contributed by atoms with Crippen LogP contribution >= 0.6 is 0 Å². The summed E-state index contributed by atoms with van der Waals surface area (Å²) in [6.45, 7) is 6.44. The normalized spacial score (nSPS) is 15.5. The molecule has 5 heteroatoms. The number of nitrogens with zero attached hydrogens (tertiary/aromatic N) is 4. The zero-order valence-corrected chi connectivity index (χ0v) is 26.6. The van der Waals surface area contributed by atoms with Crippen molar-refractivity contribution in [1.29, 1.82) is 0 Å². The lowest BCUT2D eigenvalue weighted by Crippen LogP contribution is -2.32. The smallest absolute Gasteiger partial charge is 0.164 e. The highest BCUT2D eigenvalue weighted by Gasteiger charge is 2.31. The second-order valence-electron chi connectivity index (χ2n) is 12.4. The zero-order valence-electron chi connectivity index (χ0n) is 26.6. The van der Waals surface area contributed by atoms with E-state index in [4.69, 9.17) is 19.9 Å². The molecule has 5 aromatic carbocycles. The second-order valence-corrected chi connectivity index (χ2v) is 12.4. The van der Waals surface area contributed by atoms with E-state index in [-0.39, 0.29) is 0 Å². The van der Waals surface area contributed by atoms with Gasteiger partial charge in [0.2, 0.25) is 0 Å². The standard InChI is InChI=1S/C42H33N5/c1-27-26-42(3,47-38-36(27)25-22-31-15-14-28(2)43-37(31)38)35-23-20-34(21-24-35)41-45-39(32-12-8-5-9-13-32)44-40(46-41)33-18-16-30(17-19-33)29-10-6-4-7-11-29/h4-26,47H,1-3H3. The minimum atomic E-state index is -0.421. The molecule has 1 aliphatic rings. The van der Waals surface area contributed by atoms with Crippen LogP contribution in [0.15, 0.2) is 140 Å². The highest BCUT2D eigenvalue weighted by atomic mass is 15.0. The maximum atomic E-state index is 4.99. The van der Waals surface area contributed by atoms with Crippen LogP contribution in [-0.2, 0) is 5.54 Å². The minimum absolute atomic E-state index is 0.421. The van der Waals surface area contributed by atoms with Gasteiger partial charge in [0.15, 0.2) is 17.5 Å². The van der Waals surface area contributed by atoms with Crippen LogP contribution in [-0.4, -0.2) is 19.9 Å². The predicted octanol–water partition coefficient (Wildman–Crippen LogP) is 10.1. The first-order chi connectivity index (χ1) is 22.9. The Kier molecular flexibility index (Phi) is 6.95. The number of aryl methyl sites for hydroxylation is 1. The Hall–Kier alpha value is -5.94. The van der Waals surface area contributed by atoms with Crippen LogP contribution in [0, 0.1) is 6.92 Å². The second kappa shape index (κ2) is 11.5. The summed E-state index contributed by atoms with van der Waals surface area (Å²) < 4.78 is 0. The number of rotatable bonds is 5. The van der Waals surface area contributed by atoms with Crippen LogP contribution in [0.25, 0.3) is 61.8 Å². The number of hydrogen-bond acceptors (Lipinski definition) is 5. The SMILES string of the molecule is CC1=CC(C)(c2ccc(-c3nc(-c4ccccc4)nc(-c4ccc(-c5ccccc5)cc4)n3)cc2)Nc2c1ccc1ccc(C)nc21. The molecular formula is C42H33N5. The van der Waals surface area contributed by atoms with Gasteiger partial charge in [-0.1, -0.05) is 133 Å². The number of pyridine rings is 1. The average molecular weight is 608 g/mol. The maximum Gasteiger partial charge on any atom is 0.164 e. The lowest BCUT2D eigenvalue weighted by Gasteiger charge is -2.36. The monoisotopic (exact) mass is 607 g/mol. The number of hydrogen-bond donors (Lipinski definition) is 1. The first kappa shape index (κ1) is 28.5. The summed E-state index contributed by atoms with van der Waals surface area (Å²) in [5.41, 5.74) is 11.4. The number of anilines is 1. The summed E-state index contributed by atoms with van der Waals surface area (Å²) in [4.78, 5) is 19.8. The van der Waals surface area contributed by atoms with Crippen molar-refractivity contribution in [3.8, 4) is 45.3 Å². The van der Waals surface area contributed by atoms with Crippen LogP contribution < -0.4 is 5.32 Å². The molecule has 0 spiro atoms. The fraction of sp³-hybridized carbons (Fsp3) is 0.0952. The van der Waals surface area contributed by atoms with Crippen LogP contribution in [0.4, 0.5) is 5.69 Å². The van der Waals surface area contributed by atoms with E-state index in [1.165, 1.54) is 16.7 Å². The van der Waals surface area contributed by atoms with Gasteiger partial charge in [-0.3, -0.25) is 4.98 Å². The molecule has 226 valence electrons. The van der Waals surface area contributed by atoms with Crippen molar-refractivity contribution in [2.45, 2.75) is 26.3 Å². The number of nitrogens with one attached hydrogen (secondary N) is 1. The number of allylic oxidation sites excluding steroid dienone is 1. The first-order valence-corrected chi connectivity index (χ1v) is 15.9. The van der Waals surface area contributed by atoms with Crippen molar-refractivity contribution >= 4 is 22.2 Å². The van der Waals surface area contributed by atoms with Gasteiger partial charge < -0.3 is 5.32 Å². The third kappa shape index (κ3) is 5.36. The van der Waals surface area contributed by atoms with E-state index in [2.05, 4.69) is 122 Å². The first-order valence-electron chi connectivity index (χ1n) is 15.9. The molecule has 2 aromatic heterocycles. The average Bonchev–Trinajstić information content (AvgIpc) is 3.12. The van der Waals surface area contributed by atoms with Crippen molar-refractivity contribution < 1.29 is 0 Å². The Morgan fingerprint density at radius 3 is 1.60 bits per heavy atom. The molecule has 8 rings (SSSR count). The van der Waals surface area contributed by atoms with Crippen molar-refractivity contribution in [2.24, 2.45) is 0 Å². The molecule has 7 aromatic rings. The number of aromatic nitrogens is 4. The summed E-state index contributed by atoms with van der Waals surface area (Å²) in [5.74, 6) is 1.92. The van der Waals surface area contributed by atoms with Gasteiger partial charge in [-0.2, -0.15) is 0 Å². The van der Waals surface area contributed by atoms with Gasteiger partial charge in [-0.25, -0.2) is 15.0 Å². The molecule has 3 heterocycles. The van der Waals surface area contributed by atoms with Gasteiger partial charge in [0.25, 0.3) is 0 Å². The van der Waals surface area contributed by atoms with Gasteiger partial charge >= 0.3 is 0 Å². The fourth-order valence-corrected chi connectivity index (χ4v) is 6.46. The molecule has 0 aliphatic carbocycles. The molecule has 0 saturated heterocycles. The summed E-state index contributed by atoms with van der Waals surface area (Å²) >= 11 is 0. The van der Waals surface area contributed by atoms with E-state index in [1.54, 1.807) is 0 Å². The molecule has 1 N–H and O–H groups in total. The molecule has 1 unspecified atom stereocenters. The molecule has 0 radical (unpaired) electrons. The van der Waals surface area contributed by atoms with Crippen LogP contribution in [0.2, 0.25) is 0 Å². The Bertz CT molecular complexity index is 2280. The summed E-state index contributed by atoms with van der Waals surface area (Å²) in [5, 5.41) is 4.98. The van der Waals surface area contributed by atoms with Crippen molar-refractivity contribution in [2.75, 3.05) is 5.32 Å². The van der Waals surface area contributed by atoms with E-state index in [1.807, 2.05) is 43.3 Å². The third-order valence-corrected chi connectivity index (χ3v) is 8.98. The molecule has 0 saturated carbocycles. The summed E-state index contributed by atoms with van der Waals surface area (Å²) in [6, 6.07) is 46.0. The maximum absolute atomic E-state index is 4.99. The lowest BCUT2D eigenvalue weighted by molar-refractivity contribution is 0.685. The molecule has 1 aliphatic heterocycles. The zero-order chi connectivity index (χ0) is 32.0. The van der Waals surface area contributed by atoms with Crippen molar-refractivity contribution in [1.82, 2.24) is 19.9 Å². The molecule has 47 heavy (non-hydrogen) atoms. The van der Waals surface area contributed by atoms with Crippen LogP contribution in [0.5, 0.6) is 0 Å². The Morgan fingerprint density at radius 2 is 0.979 bits per heavy atom. The lowest BCUT2D eigenvalue weighted by atomic mass is 9.83. The Labute approximate surface area is 274 Å². The fourth-order valence-electron chi connectivity index (χ4n) is 6.46. The van der Waals surface area contributed by atoms with Crippen LogP contribution in [0.3, 0.4) is 0 Å². The van der Waals surface area contributed by atoms with Gasteiger partial charge in [-0.05, 0) is 49.1 Å². The minimum Gasteiger partial charge on any atom is -0.370 e. The largest absolute Gasteiger partial charge is 0.370 e. The highest BCUT2D eigenvalue weighted by molar-refractivity contribution is 5.99. The van der Waals surface area contributed by atoms with Gasteiger partial charge in [0, 0.05) is 33.3 Å². The van der Waals surface area contributed by atoms with E-state index in [9.17, 15) is 0 Å². The molecule has 0 amide bonds. The predicted molar refractivity (Wildman–Crippen MR) is 193 cm³/mol. The Balaban J connectivity index is 1.17. The molecule has 1 atom stereocenters. The van der Waals surface area contributed by atoms with E-state index < -0.39 is 5.54 Å². The highest BCUT2D eigenvalue weighted by Crippen LogP contribution is 2.42. The van der Waals surface area contributed by atoms with E-state index >= 15 is 0 Å².